The van der Waals surface area contributed by atoms with Crippen LogP contribution in [0.1, 0.15) is 5.56 Å². The van der Waals surface area contributed by atoms with Crippen molar-refractivity contribution in [3.05, 3.63) is 213 Å². The van der Waals surface area contributed by atoms with Crippen LogP contribution in [0.2, 0.25) is 0 Å². The third-order valence-corrected chi connectivity index (χ3v) is 10.7. The van der Waals surface area contributed by atoms with Crippen LogP contribution >= 0.6 is 0 Å². The predicted octanol–water partition coefficient (Wildman–Crippen LogP) is 13.3. The average Bonchev–Trinajstić information content (AvgIpc) is 3.34. The average molecular weight is 785 g/mol. The molecule has 0 saturated heterocycles. The van der Waals surface area contributed by atoms with Gasteiger partial charge in [0.05, 0.1) is 0 Å². The van der Waals surface area contributed by atoms with Gasteiger partial charge in [-0.2, -0.15) is 0 Å². The molecule has 0 aliphatic rings. The minimum Gasteiger partial charge on any atom is -0.296 e. The lowest BCUT2D eigenvalue weighted by Gasteiger charge is -2.14. The molecule has 3 aromatic heterocycles. The van der Waals surface area contributed by atoms with E-state index in [-0.39, 0.29) is 0 Å². The first-order chi connectivity index (χ1) is 30.1. The Morgan fingerprint density at radius 1 is 0.377 bits per heavy atom. The number of aliphatic imine (C=N–C) groups is 2. The van der Waals surface area contributed by atoms with Gasteiger partial charge >= 0.3 is 0 Å². The van der Waals surface area contributed by atoms with Crippen molar-refractivity contribution in [2.24, 2.45) is 9.98 Å². The topological polar surface area (TPSA) is 76.3 Å². The molecule has 9 rings (SSSR count). The van der Waals surface area contributed by atoms with Crippen molar-refractivity contribution in [3.8, 4) is 89.0 Å². The van der Waals surface area contributed by atoms with E-state index < -0.39 is 0 Å². The fourth-order valence-electron chi connectivity index (χ4n) is 7.65. The zero-order valence-electron chi connectivity index (χ0n) is 33.6. The zero-order valence-corrected chi connectivity index (χ0v) is 33.6. The number of nitrogens with zero attached hydrogens (tertiary/aromatic N) is 6. The van der Waals surface area contributed by atoms with Crippen molar-refractivity contribution < 1.29 is 0 Å². The third-order valence-electron chi connectivity index (χ3n) is 10.7. The van der Waals surface area contributed by atoms with Gasteiger partial charge in [0, 0.05) is 90.0 Å². The Balaban J connectivity index is 1.06. The maximum Gasteiger partial charge on any atom is 0.115 e. The van der Waals surface area contributed by atoms with Crippen molar-refractivity contribution in [2.75, 3.05) is 7.05 Å². The van der Waals surface area contributed by atoms with E-state index in [9.17, 15) is 0 Å². The summed E-state index contributed by atoms with van der Waals surface area (Å²) in [5.74, 6) is 0. The van der Waals surface area contributed by atoms with Crippen molar-refractivity contribution in [1.29, 1.82) is 0 Å². The molecule has 6 aromatic carbocycles. The van der Waals surface area contributed by atoms with Crippen LogP contribution in [0.3, 0.4) is 0 Å². The van der Waals surface area contributed by atoms with Crippen molar-refractivity contribution >= 4 is 18.5 Å². The van der Waals surface area contributed by atoms with E-state index in [1.54, 1.807) is 19.5 Å². The van der Waals surface area contributed by atoms with Crippen LogP contribution < -0.4 is 0 Å². The molecule has 9 aromatic rings. The SMILES string of the molecule is C=N/C=C(\C=N/C)c1cncc(-c2cccc(-c3cccc(-c4cc(-c5ccccc5)cc(-c5cccc(-c6cccc(-c7cncc(-c8cncnc8)c7)c6)c5)c4)c3)c2)c1. The molecule has 61 heavy (non-hydrogen) atoms. The molecule has 3 heterocycles. The van der Waals surface area contributed by atoms with Crippen LogP contribution in [0, 0.1) is 0 Å². The summed E-state index contributed by atoms with van der Waals surface area (Å²) in [6, 6.07) is 56.6. The first-order valence-electron chi connectivity index (χ1n) is 20.0. The molecule has 6 nitrogen and oxygen atoms in total. The third kappa shape index (κ3) is 8.65. The molecule has 0 spiro atoms. The second-order valence-corrected chi connectivity index (χ2v) is 14.7. The number of rotatable bonds is 11. The van der Waals surface area contributed by atoms with Crippen molar-refractivity contribution in [1.82, 2.24) is 19.9 Å². The summed E-state index contributed by atoms with van der Waals surface area (Å²) in [7, 11) is 1.74. The highest BCUT2D eigenvalue weighted by Gasteiger charge is 2.12. The summed E-state index contributed by atoms with van der Waals surface area (Å²) < 4.78 is 0. The Kier molecular flexibility index (Phi) is 11.1. The first kappa shape index (κ1) is 38.3. The number of aromatic nitrogens is 4. The highest BCUT2D eigenvalue weighted by atomic mass is 14.8. The molecule has 0 N–H and O–H groups in total. The second kappa shape index (κ2) is 17.7. The fraction of sp³-hybridized carbons (Fsp3) is 0.0182. The maximum atomic E-state index is 4.55. The van der Waals surface area contributed by atoms with Gasteiger partial charge in [-0.05, 0) is 128 Å². The lowest BCUT2D eigenvalue weighted by atomic mass is 9.90. The van der Waals surface area contributed by atoms with Gasteiger partial charge in [0.25, 0.3) is 0 Å². The van der Waals surface area contributed by atoms with Gasteiger partial charge in [-0.1, -0.05) is 103 Å². The van der Waals surface area contributed by atoms with Crippen molar-refractivity contribution in [3.63, 3.8) is 0 Å². The molecule has 6 heteroatoms. The van der Waals surface area contributed by atoms with E-state index in [1.807, 2.05) is 37.2 Å². The lowest BCUT2D eigenvalue weighted by molar-refractivity contribution is 1.17. The van der Waals surface area contributed by atoms with Gasteiger partial charge in [0.15, 0.2) is 0 Å². The normalized spacial score (nSPS) is 11.5. The Bertz CT molecular complexity index is 3060. The largest absolute Gasteiger partial charge is 0.296 e. The minimum absolute atomic E-state index is 0.851. The predicted molar refractivity (Wildman–Crippen MR) is 253 cm³/mol. The van der Waals surface area contributed by atoms with E-state index in [0.29, 0.717) is 0 Å². The summed E-state index contributed by atoms with van der Waals surface area (Å²) >= 11 is 0. The van der Waals surface area contributed by atoms with Gasteiger partial charge in [-0.15, -0.1) is 0 Å². The quantitative estimate of drug-likeness (QED) is 0.122. The molecule has 0 atom stereocenters. The van der Waals surface area contributed by atoms with Crippen LogP contribution in [0.5, 0.6) is 0 Å². The Morgan fingerprint density at radius 2 is 0.738 bits per heavy atom. The minimum atomic E-state index is 0.851. The molecule has 0 amide bonds. The summed E-state index contributed by atoms with van der Waals surface area (Å²) in [6.07, 6.45) is 16.1. The smallest absolute Gasteiger partial charge is 0.115 e. The van der Waals surface area contributed by atoms with Gasteiger partial charge < -0.3 is 0 Å². The highest BCUT2D eigenvalue weighted by Crippen LogP contribution is 2.37. The Morgan fingerprint density at radius 3 is 1.23 bits per heavy atom. The summed E-state index contributed by atoms with van der Waals surface area (Å²) in [4.78, 5) is 25.6. The number of pyridine rings is 2. The van der Waals surface area contributed by atoms with Gasteiger partial charge in [-0.25, -0.2) is 9.97 Å². The van der Waals surface area contributed by atoms with Gasteiger partial charge in [0.2, 0.25) is 0 Å². The summed E-state index contributed by atoms with van der Waals surface area (Å²) in [5, 5.41) is 0. The number of benzene rings is 6. The molecule has 0 aliphatic carbocycles. The summed E-state index contributed by atoms with van der Waals surface area (Å²) in [5.41, 5.74) is 19.3. The monoisotopic (exact) mass is 784 g/mol. The van der Waals surface area contributed by atoms with Crippen molar-refractivity contribution in [2.45, 2.75) is 0 Å². The first-order valence-corrected chi connectivity index (χ1v) is 20.0. The molecule has 0 fully saturated rings. The fourth-order valence-corrected chi connectivity index (χ4v) is 7.65. The number of hydrogen-bond acceptors (Lipinski definition) is 6. The van der Waals surface area contributed by atoms with E-state index >= 15 is 0 Å². The Labute approximate surface area is 356 Å². The molecule has 0 unspecified atom stereocenters. The Hall–Kier alpha value is -8.22. The number of allylic oxidation sites excluding steroid dienone is 1. The van der Waals surface area contributed by atoms with Crippen LogP contribution in [0.15, 0.2) is 217 Å². The summed E-state index contributed by atoms with van der Waals surface area (Å²) in [6.45, 7) is 3.63. The number of hydrogen-bond donors (Lipinski definition) is 0. The molecular formula is C55H40N6. The standard InChI is InChI=1S/C55H40N6/c1-56-29-54(30-57-2)52-27-50(31-58-33-52)45-18-8-14-41(22-45)39-12-6-16-43(20-39)48-24-47(38-10-4-3-5-11-38)25-49(26-48)44-17-7-13-40(21-44)42-15-9-19-46(23-42)51-28-53(34-59-32-51)55-35-60-37-61-36-55/h3-37H,1H2,2H3/b54-29+,57-30-. The molecule has 290 valence electrons. The van der Waals surface area contributed by atoms with E-state index in [2.05, 4.69) is 194 Å². The molecule has 0 aliphatic heterocycles. The van der Waals surface area contributed by atoms with Crippen LogP contribution in [0.25, 0.3) is 94.6 Å². The van der Waals surface area contributed by atoms with E-state index in [4.69, 9.17) is 0 Å². The molecule has 0 saturated carbocycles. The van der Waals surface area contributed by atoms with Crippen LogP contribution in [-0.4, -0.2) is 39.9 Å². The van der Waals surface area contributed by atoms with Gasteiger partial charge in [-0.3, -0.25) is 20.0 Å². The zero-order chi connectivity index (χ0) is 41.4. The molecule has 0 radical (unpaired) electrons. The highest BCUT2D eigenvalue weighted by molar-refractivity contribution is 6.10. The van der Waals surface area contributed by atoms with Gasteiger partial charge in [0.1, 0.15) is 6.33 Å². The molecule has 0 bridgehead atoms. The van der Waals surface area contributed by atoms with E-state index in [0.717, 1.165) is 94.6 Å². The van der Waals surface area contributed by atoms with Crippen LogP contribution in [-0.2, 0) is 0 Å². The van der Waals surface area contributed by atoms with E-state index in [1.165, 1.54) is 11.9 Å². The van der Waals surface area contributed by atoms with Crippen LogP contribution in [0.4, 0.5) is 0 Å². The molecular weight excluding hydrogens is 745 g/mol. The lowest BCUT2D eigenvalue weighted by Crippen LogP contribution is -1.90. The maximum absolute atomic E-state index is 4.55. The second-order valence-electron chi connectivity index (χ2n) is 14.7.